The maximum atomic E-state index is 12.6. The summed E-state index contributed by atoms with van der Waals surface area (Å²) < 4.78 is 4.94. The van der Waals surface area contributed by atoms with Gasteiger partial charge in [0.1, 0.15) is 0 Å². The predicted molar refractivity (Wildman–Crippen MR) is 111 cm³/mol. The molecule has 0 bridgehead atoms. The number of esters is 1. The molecular formula is C23H28N2O3. The number of aryl methyl sites for hydroxylation is 1. The molecule has 0 saturated carbocycles. The molecule has 5 heteroatoms. The molecule has 2 aromatic rings. The lowest BCUT2D eigenvalue weighted by molar-refractivity contribution is -0.142. The van der Waals surface area contributed by atoms with Crippen LogP contribution in [0.15, 0.2) is 48.5 Å². The number of fused-ring (bicyclic) bond motifs is 1. The van der Waals surface area contributed by atoms with Crippen LogP contribution in [0.5, 0.6) is 0 Å². The van der Waals surface area contributed by atoms with Crippen LogP contribution in [0.4, 0.5) is 5.69 Å². The fourth-order valence-electron chi connectivity index (χ4n) is 3.90. The van der Waals surface area contributed by atoms with Gasteiger partial charge < -0.3 is 15.0 Å². The average molecular weight is 380 g/mol. The van der Waals surface area contributed by atoms with Crippen LogP contribution in [0.2, 0.25) is 0 Å². The number of anilines is 1. The van der Waals surface area contributed by atoms with Crippen molar-refractivity contribution in [2.45, 2.75) is 38.6 Å². The summed E-state index contributed by atoms with van der Waals surface area (Å²) in [5, 5.41) is 3.11. The first-order valence-corrected chi connectivity index (χ1v) is 9.75. The van der Waals surface area contributed by atoms with Crippen molar-refractivity contribution in [3.05, 3.63) is 65.2 Å². The molecule has 1 amide bonds. The van der Waals surface area contributed by atoms with E-state index in [1.54, 1.807) is 0 Å². The average Bonchev–Trinajstić information content (AvgIpc) is 2.69. The van der Waals surface area contributed by atoms with Crippen LogP contribution in [-0.2, 0) is 20.7 Å². The van der Waals surface area contributed by atoms with E-state index in [2.05, 4.69) is 24.4 Å². The molecule has 0 aromatic heterocycles. The molecule has 5 nitrogen and oxygen atoms in total. The Morgan fingerprint density at radius 1 is 1.18 bits per heavy atom. The summed E-state index contributed by atoms with van der Waals surface area (Å²) in [5.74, 6) is -0.490. The van der Waals surface area contributed by atoms with Gasteiger partial charge in [-0.2, -0.15) is 0 Å². The minimum Gasteiger partial charge on any atom is -0.469 e. The number of hydrogen-bond acceptors (Lipinski definition) is 4. The van der Waals surface area contributed by atoms with Gasteiger partial charge in [-0.1, -0.05) is 42.5 Å². The fraction of sp³-hybridized carbons (Fsp3) is 0.391. The molecule has 148 valence electrons. The van der Waals surface area contributed by atoms with E-state index >= 15 is 0 Å². The van der Waals surface area contributed by atoms with Crippen molar-refractivity contribution in [2.24, 2.45) is 0 Å². The molecule has 1 heterocycles. The molecule has 0 radical (unpaired) electrons. The number of nitrogens with one attached hydrogen (secondary N) is 1. The Morgan fingerprint density at radius 2 is 1.89 bits per heavy atom. The van der Waals surface area contributed by atoms with Gasteiger partial charge in [0, 0.05) is 18.3 Å². The molecule has 1 N–H and O–H groups in total. The van der Waals surface area contributed by atoms with Crippen molar-refractivity contribution in [3.8, 4) is 0 Å². The Labute approximate surface area is 166 Å². The van der Waals surface area contributed by atoms with Crippen molar-refractivity contribution < 1.29 is 14.3 Å². The van der Waals surface area contributed by atoms with Gasteiger partial charge >= 0.3 is 5.97 Å². The van der Waals surface area contributed by atoms with Crippen molar-refractivity contribution in [1.29, 1.82) is 0 Å². The molecule has 1 aliphatic rings. The van der Waals surface area contributed by atoms with Gasteiger partial charge in [-0.05, 0) is 49.4 Å². The van der Waals surface area contributed by atoms with Crippen molar-refractivity contribution in [1.82, 2.24) is 5.32 Å². The molecular weight excluding hydrogens is 352 g/mol. The van der Waals surface area contributed by atoms with Crippen molar-refractivity contribution >= 4 is 17.6 Å². The second-order valence-electron chi connectivity index (χ2n) is 7.44. The monoisotopic (exact) mass is 380 g/mol. The van der Waals surface area contributed by atoms with E-state index in [0.29, 0.717) is 13.0 Å². The van der Waals surface area contributed by atoms with E-state index in [9.17, 15) is 9.59 Å². The van der Waals surface area contributed by atoms with Gasteiger partial charge in [0.05, 0.1) is 19.6 Å². The Morgan fingerprint density at radius 3 is 2.64 bits per heavy atom. The van der Waals surface area contributed by atoms with E-state index in [1.807, 2.05) is 48.2 Å². The molecule has 28 heavy (non-hydrogen) atoms. The molecule has 0 aliphatic carbocycles. The summed E-state index contributed by atoms with van der Waals surface area (Å²) >= 11 is 0. The predicted octanol–water partition coefficient (Wildman–Crippen LogP) is 3.21. The topological polar surface area (TPSA) is 58.6 Å². The third-order valence-corrected chi connectivity index (χ3v) is 5.36. The maximum absolute atomic E-state index is 12.6. The van der Waals surface area contributed by atoms with Crippen LogP contribution in [0.25, 0.3) is 0 Å². The fourth-order valence-corrected chi connectivity index (χ4v) is 3.90. The number of para-hydroxylation sites is 1. The highest BCUT2D eigenvalue weighted by Crippen LogP contribution is 2.35. The number of ether oxygens (including phenoxy) is 1. The zero-order valence-corrected chi connectivity index (χ0v) is 16.8. The van der Waals surface area contributed by atoms with Gasteiger partial charge in [-0.25, -0.2) is 0 Å². The van der Waals surface area contributed by atoms with Crippen molar-refractivity contribution in [3.63, 3.8) is 0 Å². The van der Waals surface area contributed by atoms with Gasteiger partial charge in [0.15, 0.2) is 0 Å². The standard InChI is InChI=1S/C23H28N2O3/c1-16-8-4-5-9-18(16)14-17(2)24-22(26)15-25-13-12-20(23(27)28-3)19-10-6-7-11-21(19)25/h4-11,17,20H,12-15H2,1-3H3,(H,24,26). The van der Waals surface area contributed by atoms with Crippen LogP contribution >= 0.6 is 0 Å². The van der Waals surface area contributed by atoms with Crippen LogP contribution in [0.1, 0.15) is 36.0 Å². The highest BCUT2D eigenvalue weighted by atomic mass is 16.5. The Kier molecular flexibility index (Phi) is 6.34. The highest BCUT2D eigenvalue weighted by Gasteiger charge is 2.31. The largest absolute Gasteiger partial charge is 0.469 e. The quantitative estimate of drug-likeness (QED) is 0.782. The first-order chi connectivity index (χ1) is 13.5. The summed E-state index contributed by atoms with van der Waals surface area (Å²) in [6, 6.07) is 16.1. The Bertz CT molecular complexity index is 849. The number of benzene rings is 2. The van der Waals surface area contributed by atoms with Crippen LogP contribution < -0.4 is 10.2 Å². The second kappa shape index (κ2) is 8.91. The minimum absolute atomic E-state index is 0.00703. The van der Waals surface area contributed by atoms with Gasteiger partial charge in [0.25, 0.3) is 0 Å². The lowest BCUT2D eigenvalue weighted by Crippen LogP contribution is -2.44. The normalized spacial score (nSPS) is 16.8. The van der Waals surface area contributed by atoms with Crippen LogP contribution in [0, 0.1) is 6.92 Å². The molecule has 0 fully saturated rings. The second-order valence-corrected chi connectivity index (χ2v) is 7.44. The van der Waals surface area contributed by atoms with Crippen LogP contribution in [-0.4, -0.2) is 38.1 Å². The van der Waals surface area contributed by atoms with E-state index in [-0.39, 0.29) is 30.4 Å². The maximum Gasteiger partial charge on any atom is 0.313 e. The van der Waals surface area contributed by atoms with E-state index < -0.39 is 0 Å². The lowest BCUT2D eigenvalue weighted by Gasteiger charge is -2.34. The SMILES string of the molecule is COC(=O)C1CCN(CC(=O)NC(C)Cc2ccccc2C)c2ccccc21. The first-order valence-electron chi connectivity index (χ1n) is 9.75. The zero-order valence-electron chi connectivity index (χ0n) is 16.8. The first kappa shape index (κ1) is 19.9. The summed E-state index contributed by atoms with van der Waals surface area (Å²) in [4.78, 5) is 26.8. The van der Waals surface area contributed by atoms with Gasteiger partial charge in [-0.15, -0.1) is 0 Å². The highest BCUT2D eigenvalue weighted by molar-refractivity contribution is 5.85. The minimum atomic E-state index is -0.263. The zero-order chi connectivity index (χ0) is 20.1. The summed E-state index contributed by atoms with van der Waals surface area (Å²) in [5.41, 5.74) is 4.36. The number of carbonyl (C=O) groups excluding carboxylic acids is 2. The Balaban J connectivity index is 1.64. The third-order valence-electron chi connectivity index (χ3n) is 5.36. The number of rotatable bonds is 6. The number of hydrogen-bond donors (Lipinski definition) is 1. The number of nitrogens with zero attached hydrogens (tertiary/aromatic N) is 1. The number of carbonyl (C=O) groups is 2. The molecule has 2 atom stereocenters. The van der Waals surface area contributed by atoms with E-state index in [1.165, 1.54) is 18.2 Å². The van der Waals surface area contributed by atoms with Crippen LogP contribution in [0.3, 0.4) is 0 Å². The number of methoxy groups -OCH3 is 1. The van der Waals surface area contributed by atoms with Gasteiger partial charge in [-0.3, -0.25) is 9.59 Å². The molecule has 1 aliphatic heterocycles. The summed E-state index contributed by atoms with van der Waals surface area (Å²) in [6.45, 7) is 5.05. The molecule has 3 rings (SSSR count). The summed E-state index contributed by atoms with van der Waals surface area (Å²) in [6.07, 6.45) is 1.45. The molecule has 0 spiro atoms. The smallest absolute Gasteiger partial charge is 0.313 e. The Hall–Kier alpha value is -2.82. The molecule has 2 aromatic carbocycles. The van der Waals surface area contributed by atoms with E-state index in [0.717, 1.165) is 17.7 Å². The van der Waals surface area contributed by atoms with E-state index in [4.69, 9.17) is 4.74 Å². The molecule has 0 saturated heterocycles. The summed E-state index contributed by atoms with van der Waals surface area (Å²) in [7, 11) is 1.42. The number of amides is 1. The molecule has 2 unspecified atom stereocenters. The van der Waals surface area contributed by atoms with Crippen molar-refractivity contribution in [2.75, 3.05) is 25.1 Å². The lowest BCUT2D eigenvalue weighted by atomic mass is 9.90. The van der Waals surface area contributed by atoms with Gasteiger partial charge in [0.2, 0.25) is 5.91 Å². The third kappa shape index (κ3) is 4.53.